The number of benzene rings is 2. The maximum atomic E-state index is 15.2. The van der Waals surface area contributed by atoms with E-state index in [9.17, 15) is 9.59 Å². The van der Waals surface area contributed by atoms with Crippen LogP contribution in [-0.4, -0.2) is 53.3 Å². The molecule has 0 saturated carbocycles. The van der Waals surface area contributed by atoms with Gasteiger partial charge in [0.05, 0.1) is 16.3 Å². The Bertz CT molecular complexity index is 1320. The maximum Gasteiger partial charge on any atom is 0.290 e. The van der Waals surface area contributed by atoms with Gasteiger partial charge in [0.1, 0.15) is 5.82 Å². The van der Waals surface area contributed by atoms with Crippen LogP contribution in [0.5, 0.6) is 0 Å². The molecule has 34 heavy (non-hydrogen) atoms. The highest BCUT2D eigenvalue weighted by atomic mass is 32.2. The van der Waals surface area contributed by atoms with E-state index in [-0.39, 0.29) is 11.1 Å². The summed E-state index contributed by atoms with van der Waals surface area (Å²) in [6, 6.07) is 13.6. The van der Waals surface area contributed by atoms with E-state index in [4.69, 9.17) is 0 Å². The van der Waals surface area contributed by atoms with Crippen molar-refractivity contribution in [2.75, 3.05) is 31.1 Å². The molecule has 3 aromatic rings. The number of aromatic nitrogens is 1. The van der Waals surface area contributed by atoms with Crippen LogP contribution in [0.2, 0.25) is 0 Å². The lowest BCUT2D eigenvalue weighted by Gasteiger charge is -2.38. The van der Waals surface area contributed by atoms with Gasteiger partial charge in [-0.3, -0.25) is 24.8 Å². The maximum absolute atomic E-state index is 15.2. The summed E-state index contributed by atoms with van der Waals surface area (Å²) in [5.74, 6) is -0.654. The molecule has 1 N–H and O–H groups in total. The van der Waals surface area contributed by atoms with Gasteiger partial charge < -0.3 is 4.90 Å². The third kappa shape index (κ3) is 4.43. The summed E-state index contributed by atoms with van der Waals surface area (Å²) in [5, 5.41) is 3.67. The molecular weight excluding hydrogens is 451 g/mol. The Hall–Kier alpha value is -3.23. The number of hydrogen-bond acceptors (Lipinski definition) is 6. The molecule has 0 atom stereocenters. The lowest BCUT2D eigenvalue weighted by Crippen LogP contribution is -2.49. The summed E-state index contributed by atoms with van der Waals surface area (Å²) < 4.78 is 15.2. The minimum Gasteiger partial charge on any atom is -0.367 e. The van der Waals surface area contributed by atoms with Gasteiger partial charge in [0.25, 0.3) is 11.1 Å². The molecule has 2 aliphatic heterocycles. The number of hydrogen-bond donors (Lipinski definition) is 1. The molecule has 0 bridgehead atoms. The van der Waals surface area contributed by atoms with Crippen LogP contribution >= 0.6 is 11.8 Å². The lowest BCUT2D eigenvalue weighted by atomic mass is 9.98. The van der Waals surface area contributed by atoms with Crippen molar-refractivity contribution in [3.05, 3.63) is 65.1 Å². The predicted molar refractivity (Wildman–Crippen MR) is 135 cm³/mol. The standard InChI is InChI=1S/C26H25FN4O2S/c1-16(2)30-8-10-31(11-9-30)23-7-6-17(12-22(23)27)20-5-3-4-18-15-28-19(13-21(18)20)14-24-25(32)29-26(33)34-24/h3-7,12-16H,8-11H2,1-2H3,(H,29,32,33). The number of rotatable bonds is 4. The minimum absolute atomic E-state index is 0.235. The Balaban J connectivity index is 1.46. The summed E-state index contributed by atoms with van der Waals surface area (Å²) >= 11 is 0.857. The number of fused-ring (bicyclic) bond motifs is 1. The van der Waals surface area contributed by atoms with E-state index in [0.29, 0.717) is 22.3 Å². The lowest BCUT2D eigenvalue weighted by molar-refractivity contribution is -0.115. The largest absolute Gasteiger partial charge is 0.367 e. The molecule has 0 spiro atoms. The molecule has 2 saturated heterocycles. The fourth-order valence-electron chi connectivity index (χ4n) is 4.48. The monoisotopic (exact) mass is 476 g/mol. The van der Waals surface area contributed by atoms with Gasteiger partial charge in [0.15, 0.2) is 0 Å². The Kier molecular flexibility index (Phi) is 6.10. The van der Waals surface area contributed by atoms with Crippen molar-refractivity contribution in [3.63, 3.8) is 0 Å². The minimum atomic E-state index is -0.419. The van der Waals surface area contributed by atoms with E-state index >= 15 is 4.39 Å². The molecule has 5 rings (SSSR count). The van der Waals surface area contributed by atoms with E-state index in [2.05, 4.69) is 33.9 Å². The second kappa shape index (κ2) is 9.19. The van der Waals surface area contributed by atoms with Crippen molar-refractivity contribution in [2.45, 2.75) is 19.9 Å². The molecule has 2 fully saturated rings. The average molecular weight is 477 g/mol. The first-order valence-corrected chi connectivity index (χ1v) is 12.1. The predicted octanol–water partition coefficient (Wildman–Crippen LogP) is 4.90. The first kappa shape index (κ1) is 22.6. The van der Waals surface area contributed by atoms with Crippen LogP contribution in [-0.2, 0) is 4.79 Å². The fourth-order valence-corrected chi connectivity index (χ4v) is 5.15. The normalized spacial score (nSPS) is 18.4. The smallest absolute Gasteiger partial charge is 0.290 e. The molecule has 6 nitrogen and oxygen atoms in total. The number of amides is 2. The van der Waals surface area contributed by atoms with E-state index in [1.807, 2.05) is 36.4 Å². The van der Waals surface area contributed by atoms with Crippen molar-refractivity contribution in [1.82, 2.24) is 15.2 Å². The van der Waals surface area contributed by atoms with Crippen LogP contribution in [0.4, 0.5) is 14.9 Å². The van der Waals surface area contributed by atoms with Gasteiger partial charge in [0.2, 0.25) is 0 Å². The number of nitrogens with one attached hydrogen (secondary N) is 1. The first-order valence-electron chi connectivity index (χ1n) is 11.3. The number of pyridine rings is 1. The van der Waals surface area contributed by atoms with Crippen molar-refractivity contribution in [1.29, 1.82) is 0 Å². The van der Waals surface area contributed by atoms with Crippen LogP contribution in [0.25, 0.3) is 28.0 Å². The zero-order chi connectivity index (χ0) is 23.8. The average Bonchev–Trinajstić information content (AvgIpc) is 3.15. The molecule has 2 aliphatic rings. The topological polar surface area (TPSA) is 65.5 Å². The number of thioether (sulfide) groups is 1. The number of anilines is 1. The van der Waals surface area contributed by atoms with Crippen molar-refractivity contribution >= 4 is 45.4 Å². The number of imide groups is 1. The van der Waals surface area contributed by atoms with E-state index in [1.54, 1.807) is 18.3 Å². The summed E-state index contributed by atoms with van der Waals surface area (Å²) in [6.07, 6.45) is 3.32. The molecule has 3 heterocycles. The summed E-state index contributed by atoms with van der Waals surface area (Å²) in [7, 11) is 0. The van der Waals surface area contributed by atoms with E-state index < -0.39 is 5.91 Å². The van der Waals surface area contributed by atoms with Crippen LogP contribution < -0.4 is 10.2 Å². The molecule has 2 aromatic carbocycles. The molecule has 1 aromatic heterocycles. The summed E-state index contributed by atoms with van der Waals surface area (Å²) in [6.45, 7) is 7.84. The third-order valence-corrected chi connectivity index (χ3v) is 7.16. The number of carbonyl (C=O) groups excluding carboxylic acids is 2. The summed E-state index contributed by atoms with van der Waals surface area (Å²) in [5.41, 5.74) is 2.86. The molecule has 174 valence electrons. The Morgan fingerprint density at radius 3 is 2.56 bits per heavy atom. The van der Waals surface area contributed by atoms with Crippen molar-refractivity contribution in [2.24, 2.45) is 0 Å². The number of nitrogens with zero attached hydrogens (tertiary/aromatic N) is 3. The van der Waals surface area contributed by atoms with Gasteiger partial charge in [-0.25, -0.2) is 4.39 Å². The number of piperazine rings is 1. The van der Waals surface area contributed by atoms with Gasteiger partial charge in [0, 0.05) is 43.8 Å². The van der Waals surface area contributed by atoms with E-state index in [0.717, 1.165) is 59.8 Å². The quantitative estimate of drug-likeness (QED) is 0.541. The molecule has 8 heteroatoms. The van der Waals surface area contributed by atoms with Gasteiger partial charge in [-0.15, -0.1) is 0 Å². The zero-order valence-electron chi connectivity index (χ0n) is 19.0. The van der Waals surface area contributed by atoms with Crippen LogP contribution in [0.15, 0.2) is 53.6 Å². The molecular formula is C26H25FN4O2S. The van der Waals surface area contributed by atoms with Gasteiger partial charge in [-0.1, -0.05) is 24.3 Å². The number of halogens is 1. The molecule has 0 aliphatic carbocycles. The van der Waals surface area contributed by atoms with Crippen LogP contribution in [0.1, 0.15) is 19.5 Å². The SMILES string of the molecule is CC(C)N1CCN(c2ccc(-c3cccc4cnc(C=C5SC(=O)NC5=O)cc34)cc2F)CC1. The third-order valence-electron chi connectivity index (χ3n) is 6.35. The van der Waals surface area contributed by atoms with Gasteiger partial charge in [-0.05, 0) is 66.4 Å². The van der Waals surface area contributed by atoms with Crippen molar-refractivity contribution in [3.8, 4) is 11.1 Å². The highest BCUT2D eigenvalue weighted by Gasteiger charge is 2.25. The second-order valence-corrected chi connectivity index (χ2v) is 9.79. The highest BCUT2D eigenvalue weighted by Crippen LogP contribution is 2.33. The zero-order valence-corrected chi connectivity index (χ0v) is 19.9. The highest BCUT2D eigenvalue weighted by molar-refractivity contribution is 8.18. The van der Waals surface area contributed by atoms with Crippen molar-refractivity contribution < 1.29 is 14.0 Å². The Morgan fingerprint density at radius 2 is 1.88 bits per heavy atom. The Morgan fingerprint density at radius 1 is 1.09 bits per heavy atom. The van der Waals surface area contributed by atoms with Gasteiger partial charge >= 0.3 is 0 Å². The van der Waals surface area contributed by atoms with E-state index in [1.165, 1.54) is 0 Å². The molecule has 0 radical (unpaired) electrons. The Labute approximate surface area is 201 Å². The van der Waals surface area contributed by atoms with Crippen LogP contribution in [0, 0.1) is 5.82 Å². The van der Waals surface area contributed by atoms with Gasteiger partial charge in [-0.2, -0.15) is 0 Å². The fraction of sp³-hybridized carbons (Fsp3) is 0.269. The second-order valence-electron chi connectivity index (χ2n) is 8.77. The van der Waals surface area contributed by atoms with Crippen LogP contribution in [0.3, 0.4) is 0 Å². The molecule has 2 amide bonds. The first-order chi connectivity index (χ1) is 16.4. The molecule has 0 unspecified atom stereocenters. The summed E-state index contributed by atoms with van der Waals surface area (Å²) in [4.78, 5) is 32.6. The number of carbonyl (C=O) groups is 2.